The van der Waals surface area contributed by atoms with Crippen LogP contribution in [0.15, 0.2) is 16.8 Å². The van der Waals surface area contributed by atoms with Gasteiger partial charge in [0.15, 0.2) is 0 Å². The second-order valence-corrected chi connectivity index (χ2v) is 6.31. The molecule has 0 aromatic carbocycles. The van der Waals surface area contributed by atoms with Crippen LogP contribution in [0.3, 0.4) is 0 Å². The van der Waals surface area contributed by atoms with Gasteiger partial charge in [0.05, 0.1) is 0 Å². The Hall–Kier alpha value is -0.480. The molecule has 0 radical (unpaired) electrons. The van der Waals surface area contributed by atoms with E-state index in [9.17, 15) is 4.79 Å². The molecule has 1 saturated carbocycles. The highest BCUT2D eigenvalue weighted by molar-refractivity contribution is 7.99. The Morgan fingerprint density at radius 1 is 1.62 bits per heavy atom. The van der Waals surface area contributed by atoms with E-state index in [1.54, 1.807) is 11.3 Å². The summed E-state index contributed by atoms with van der Waals surface area (Å²) in [6.07, 6.45) is 3.62. The van der Waals surface area contributed by atoms with Gasteiger partial charge in [-0.25, -0.2) is 0 Å². The van der Waals surface area contributed by atoms with Crippen LogP contribution in [-0.2, 0) is 0 Å². The number of amides is 1. The van der Waals surface area contributed by atoms with Crippen LogP contribution in [0.2, 0.25) is 0 Å². The molecule has 1 aliphatic rings. The van der Waals surface area contributed by atoms with Gasteiger partial charge >= 0.3 is 0 Å². The summed E-state index contributed by atoms with van der Waals surface area (Å²) in [6.45, 7) is 2.18. The van der Waals surface area contributed by atoms with Crippen molar-refractivity contribution in [1.29, 1.82) is 0 Å². The zero-order valence-corrected chi connectivity index (χ0v) is 11.1. The van der Waals surface area contributed by atoms with Crippen LogP contribution in [0, 0.1) is 0 Å². The van der Waals surface area contributed by atoms with Crippen LogP contribution in [-0.4, -0.2) is 23.0 Å². The molecular weight excluding hydrogens is 238 g/mol. The average molecular weight is 255 g/mol. The van der Waals surface area contributed by atoms with Gasteiger partial charge in [-0.1, -0.05) is 13.3 Å². The van der Waals surface area contributed by atoms with Gasteiger partial charge in [0.1, 0.15) is 0 Å². The molecule has 4 heteroatoms. The molecule has 0 bridgehead atoms. The first-order chi connectivity index (χ1) is 7.81. The molecule has 2 nitrogen and oxygen atoms in total. The minimum atomic E-state index is 0.0925. The molecule has 2 rings (SSSR count). The van der Waals surface area contributed by atoms with E-state index in [0.29, 0.717) is 11.3 Å². The number of carbonyl (C=O) groups excluding carboxylic acids is 1. The molecule has 1 heterocycles. The normalized spacial score (nSPS) is 24.6. The van der Waals surface area contributed by atoms with Crippen molar-refractivity contribution in [1.82, 2.24) is 5.32 Å². The van der Waals surface area contributed by atoms with E-state index in [2.05, 4.69) is 12.2 Å². The van der Waals surface area contributed by atoms with Crippen LogP contribution in [0.5, 0.6) is 0 Å². The molecule has 1 N–H and O–H groups in total. The number of hydrogen-bond acceptors (Lipinski definition) is 3. The lowest BCUT2D eigenvalue weighted by molar-refractivity contribution is 0.0939. The van der Waals surface area contributed by atoms with E-state index in [1.165, 1.54) is 12.8 Å². The van der Waals surface area contributed by atoms with Crippen molar-refractivity contribution >= 4 is 29.0 Å². The Bertz CT molecular complexity index is 337. The van der Waals surface area contributed by atoms with Gasteiger partial charge in [0, 0.05) is 22.2 Å². The van der Waals surface area contributed by atoms with Crippen LogP contribution < -0.4 is 5.32 Å². The highest BCUT2D eigenvalue weighted by Gasteiger charge is 2.28. The van der Waals surface area contributed by atoms with Crippen LogP contribution in [0.25, 0.3) is 0 Å². The topological polar surface area (TPSA) is 29.1 Å². The number of nitrogens with one attached hydrogen (secondary N) is 1. The van der Waals surface area contributed by atoms with E-state index >= 15 is 0 Å². The van der Waals surface area contributed by atoms with Crippen molar-refractivity contribution in [2.45, 2.75) is 37.5 Å². The minimum Gasteiger partial charge on any atom is -0.348 e. The third-order valence-corrected chi connectivity index (χ3v) is 4.94. The molecule has 2 atom stereocenters. The van der Waals surface area contributed by atoms with Gasteiger partial charge in [0.25, 0.3) is 5.91 Å². The first kappa shape index (κ1) is 12.0. The SMILES string of the molecule is CCS[C@H]1CCC[C@@H]1NC(=O)c1ccsc1. The second kappa shape index (κ2) is 5.73. The van der Waals surface area contributed by atoms with Gasteiger partial charge in [-0.05, 0) is 30.0 Å². The average Bonchev–Trinajstić information content (AvgIpc) is 2.90. The highest BCUT2D eigenvalue weighted by Crippen LogP contribution is 2.30. The summed E-state index contributed by atoms with van der Waals surface area (Å²) in [5.74, 6) is 1.23. The largest absolute Gasteiger partial charge is 0.348 e. The number of thiophene rings is 1. The van der Waals surface area contributed by atoms with Crippen molar-refractivity contribution < 1.29 is 4.79 Å². The molecular formula is C12H17NOS2. The predicted octanol–water partition coefficient (Wildman–Crippen LogP) is 3.15. The van der Waals surface area contributed by atoms with Crippen LogP contribution in [0.1, 0.15) is 36.5 Å². The fourth-order valence-electron chi connectivity index (χ4n) is 2.15. The Labute approximate surface area is 105 Å². The number of thioether (sulfide) groups is 1. The maximum absolute atomic E-state index is 11.9. The molecule has 88 valence electrons. The fourth-order valence-corrected chi connectivity index (χ4v) is 3.98. The van der Waals surface area contributed by atoms with Crippen molar-refractivity contribution in [2.24, 2.45) is 0 Å². The first-order valence-electron chi connectivity index (χ1n) is 5.76. The van der Waals surface area contributed by atoms with Crippen LogP contribution in [0.4, 0.5) is 0 Å². The van der Waals surface area contributed by atoms with Gasteiger partial charge < -0.3 is 5.32 Å². The predicted molar refractivity (Wildman–Crippen MR) is 71.3 cm³/mol. The molecule has 0 aliphatic heterocycles. The highest BCUT2D eigenvalue weighted by atomic mass is 32.2. The van der Waals surface area contributed by atoms with E-state index in [4.69, 9.17) is 0 Å². The van der Waals surface area contributed by atoms with E-state index < -0.39 is 0 Å². The van der Waals surface area contributed by atoms with Gasteiger partial charge in [-0.3, -0.25) is 4.79 Å². The molecule has 1 aromatic rings. The second-order valence-electron chi connectivity index (χ2n) is 4.02. The number of hydrogen-bond donors (Lipinski definition) is 1. The monoisotopic (exact) mass is 255 g/mol. The molecule has 0 spiro atoms. The zero-order valence-electron chi connectivity index (χ0n) is 9.44. The summed E-state index contributed by atoms with van der Waals surface area (Å²) in [7, 11) is 0. The molecule has 0 saturated heterocycles. The zero-order chi connectivity index (χ0) is 11.4. The molecule has 1 aliphatic carbocycles. The smallest absolute Gasteiger partial charge is 0.252 e. The van der Waals surface area contributed by atoms with Crippen molar-refractivity contribution in [3.63, 3.8) is 0 Å². The summed E-state index contributed by atoms with van der Waals surface area (Å²) < 4.78 is 0. The quantitative estimate of drug-likeness (QED) is 0.895. The lowest BCUT2D eigenvalue weighted by atomic mass is 10.2. The molecule has 1 aromatic heterocycles. The molecule has 1 fully saturated rings. The number of rotatable bonds is 4. The standard InChI is InChI=1S/C12H17NOS2/c1-2-16-11-5-3-4-10(11)13-12(14)9-6-7-15-8-9/h6-8,10-11H,2-5H2,1H3,(H,13,14)/t10-,11-/m0/s1. The van der Waals surface area contributed by atoms with E-state index in [-0.39, 0.29) is 5.91 Å². The summed E-state index contributed by atoms with van der Waals surface area (Å²) in [4.78, 5) is 11.9. The summed E-state index contributed by atoms with van der Waals surface area (Å²) in [5, 5.41) is 7.64. The molecule has 16 heavy (non-hydrogen) atoms. The third kappa shape index (κ3) is 2.80. The van der Waals surface area contributed by atoms with Gasteiger partial charge in [0.2, 0.25) is 0 Å². The summed E-state index contributed by atoms with van der Waals surface area (Å²) >= 11 is 3.54. The Morgan fingerprint density at radius 2 is 2.50 bits per heavy atom. The summed E-state index contributed by atoms with van der Waals surface area (Å²) in [6, 6.07) is 2.26. The van der Waals surface area contributed by atoms with Crippen LogP contribution >= 0.6 is 23.1 Å². The lowest BCUT2D eigenvalue weighted by Gasteiger charge is -2.19. The molecule has 0 unspecified atom stereocenters. The van der Waals surface area contributed by atoms with Gasteiger partial charge in [-0.15, -0.1) is 0 Å². The minimum absolute atomic E-state index is 0.0925. The van der Waals surface area contributed by atoms with E-state index in [1.807, 2.05) is 28.6 Å². The maximum Gasteiger partial charge on any atom is 0.252 e. The molecule has 1 amide bonds. The Morgan fingerprint density at radius 3 is 3.19 bits per heavy atom. The maximum atomic E-state index is 11.9. The Balaban J connectivity index is 1.91. The third-order valence-electron chi connectivity index (χ3n) is 2.93. The fraction of sp³-hybridized carbons (Fsp3) is 0.583. The van der Waals surface area contributed by atoms with Crippen molar-refractivity contribution in [3.05, 3.63) is 22.4 Å². The first-order valence-corrected chi connectivity index (χ1v) is 7.75. The number of carbonyl (C=O) groups is 1. The lowest BCUT2D eigenvalue weighted by Crippen LogP contribution is -2.38. The summed E-state index contributed by atoms with van der Waals surface area (Å²) in [5.41, 5.74) is 0.803. The van der Waals surface area contributed by atoms with Crippen molar-refractivity contribution in [2.75, 3.05) is 5.75 Å². The van der Waals surface area contributed by atoms with Crippen molar-refractivity contribution in [3.8, 4) is 0 Å². The van der Waals surface area contributed by atoms with Gasteiger partial charge in [-0.2, -0.15) is 23.1 Å². The van der Waals surface area contributed by atoms with E-state index in [0.717, 1.165) is 17.7 Å². The Kier molecular flexibility index (Phi) is 4.29.